The first-order valence-electron chi connectivity index (χ1n) is 10.1. The van der Waals surface area contributed by atoms with Gasteiger partial charge in [0.05, 0.1) is 27.6 Å². The molecule has 14 heteroatoms. The lowest BCUT2D eigenvalue weighted by Crippen LogP contribution is -2.35. The first-order chi connectivity index (χ1) is 16.5. The first-order valence-corrected chi connectivity index (χ1v) is 13.8. The second-order valence-electron chi connectivity index (χ2n) is 7.97. The Balaban J connectivity index is 2.17. The molecule has 2 aromatic heterocycles. The number of rotatable bonds is 6. The van der Waals surface area contributed by atoms with Crippen molar-refractivity contribution in [3.63, 3.8) is 0 Å². The van der Waals surface area contributed by atoms with Gasteiger partial charge in [0.2, 0.25) is 0 Å². The molecule has 0 atom stereocenters. The number of carbonyl (C=O) groups is 1. The van der Waals surface area contributed by atoms with Gasteiger partial charge in [-0.15, -0.1) is 0 Å². The summed E-state index contributed by atoms with van der Waals surface area (Å²) in [5.74, 6) is -1.09. The fourth-order valence-electron chi connectivity index (χ4n) is 3.31. The van der Waals surface area contributed by atoms with Crippen molar-refractivity contribution in [2.75, 3.05) is 17.4 Å². The highest BCUT2D eigenvalue weighted by molar-refractivity contribution is 7.91. The van der Waals surface area contributed by atoms with Gasteiger partial charge in [0.25, 0.3) is 11.5 Å². The number of benzene rings is 1. The second kappa shape index (κ2) is 9.50. The third kappa shape index (κ3) is 5.99. The molecule has 1 aromatic carbocycles. The molecule has 3 aromatic rings. The van der Waals surface area contributed by atoms with Crippen LogP contribution in [-0.2, 0) is 32.4 Å². The predicted molar refractivity (Wildman–Crippen MR) is 124 cm³/mol. The number of nitrogens with zero attached hydrogens (tertiary/aromatic N) is 2. The number of nitrogens with one attached hydrogen (secondary N) is 1. The van der Waals surface area contributed by atoms with Gasteiger partial charge in [-0.25, -0.2) is 16.8 Å². The molecule has 0 saturated carbocycles. The lowest BCUT2D eigenvalue weighted by Gasteiger charge is -2.24. The minimum Gasteiger partial charge on any atom is -0.325 e. The van der Waals surface area contributed by atoms with E-state index in [-0.39, 0.29) is 26.9 Å². The van der Waals surface area contributed by atoms with E-state index in [1.54, 1.807) is 0 Å². The van der Waals surface area contributed by atoms with Crippen LogP contribution in [0.3, 0.4) is 0 Å². The molecule has 0 unspecified atom stereocenters. The highest BCUT2D eigenvalue weighted by Crippen LogP contribution is 2.32. The molecule has 0 aliphatic carbocycles. The van der Waals surface area contributed by atoms with Crippen molar-refractivity contribution in [3.05, 3.63) is 81.5 Å². The summed E-state index contributed by atoms with van der Waals surface area (Å²) in [7, 11) is -7.44. The fraction of sp³-hybridized carbons (Fsp3) is 0.227. The largest absolute Gasteiger partial charge is 0.416 e. The number of aromatic nitrogens is 2. The highest BCUT2D eigenvalue weighted by atomic mass is 32.2. The number of amides is 1. The SMILES string of the molecule is Cc1[nH]c(=O)c(C(=O)N(Cc2ccc(S(C)(=O)=O)cn2)c2cccc(C(F)(F)F)c2)cc1S(C)(=O)=O. The zero-order valence-electron chi connectivity index (χ0n) is 19.1. The number of halogens is 3. The van der Waals surface area contributed by atoms with Crippen LogP contribution in [0.2, 0.25) is 0 Å². The van der Waals surface area contributed by atoms with E-state index >= 15 is 0 Å². The van der Waals surface area contributed by atoms with Crippen molar-refractivity contribution in [1.82, 2.24) is 9.97 Å². The predicted octanol–water partition coefficient (Wildman–Crippen LogP) is 2.75. The number of hydrogen-bond donors (Lipinski definition) is 1. The van der Waals surface area contributed by atoms with Gasteiger partial charge in [0.15, 0.2) is 19.7 Å². The van der Waals surface area contributed by atoms with Gasteiger partial charge in [0, 0.05) is 30.1 Å². The van der Waals surface area contributed by atoms with Gasteiger partial charge in [0.1, 0.15) is 5.56 Å². The molecule has 0 radical (unpaired) electrons. The number of carbonyl (C=O) groups excluding carboxylic acids is 1. The summed E-state index contributed by atoms with van der Waals surface area (Å²) >= 11 is 0. The van der Waals surface area contributed by atoms with E-state index in [0.29, 0.717) is 6.07 Å². The van der Waals surface area contributed by atoms with Gasteiger partial charge < -0.3 is 9.88 Å². The molecule has 0 bridgehead atoms. The maximum Gasteiger partial charge on any atom is 0.416 e. The van der Waals surface area contributed by atoms with Crippen LogP contribution >= 0.6 is 0 Å². The lowest BCUT2D eigenvalue weighted by molar-refractivity contribution is -0.137. The van der Waals surface area contributed by atoms with Crippen LogP contribution in [0.25, 0.3) is 0 Å². The summed E-state index contributed by atoms with van der Waals surface area (Å²) in [6.45, 7) is 0.871. The molecule has 0 spiro atoms. The molecular formula is C22H20F3N3O6S2. The summed E-state index contributed by atoms with van der Waals surface area (Å²) < 4.78 is 87.6. The standard InChI is InChI=1S/C22H20F3N3O6S2/c1-13-19(36(3,33)34)10-18(20(29)27-13)21(30)28(16-6-4-5-14(9-16)22(23,24)25)12-15-7-8-17(11-26-15)35(2,31)32/h4-11H,12H2,1-3H3,(H,27,29). The van der Waals surface area contributed by atoms with Crippen LogP contribution in [0.5, 0.6) is 0 Å². The van der Waals surface area contributed by atoms with E-state index in [2.05, 4.69) is 9.97 Å². The average molecular weight is 544 g/mol. The van der Waals surface area contributed by atoms with Crippen molar-refractivity contribution in [1.29, 1.82) is 0 Å². The van der Waals surface area contributed by atoms with Crippen LogP contribution in [-0.4, -0.2) is 45.2 Å². The second-order valence-corrected chi connectivity index (χ2v) is 12.0. The van der Waals surface area contributed by atoms with Crippen LogP contribution in [0.4, 0.5) is 18.9 Å². The monoisotopic (exact) mass is 543 g/mol. The molecule has 1 N–H and O–H groups in total. The number of alkyl halides is 3. The molecule has 192 valence electrons. The number of pyridine rings is 2. The molecule has 0 fully saturated rings. The summed E-state index contributed by atoms with van der Waals surface area (Å²) in [5, 5.41) is 0. The van der Waals surface area contributed by atoms with Crippen LogP contribution < -0.4 is 10.5 Å². The molecule has 3 rings (SSSR count). The van der Waals surface area contributed by atoms with E-state index in [1.165, 1.54) is 25.1 Å². The maximum absolute atomic E-state index is 13.5. The number of H-pyrrole nitrogens is 1. The average Bonchev–Trinajstić information content (AvgIpc) is 2.75. The smallest absolute Gasteiger partial charge is 0.325 e. The Morgan fingerprint density at radius 1 is 1.03 bits per heavy atom. The molecule has 0 saturated heterocycles. The third-order valence-electron chi connectivity index (χ3n) is 5.10. The Kier molecular flexibility index (Phi) is 7.15. The quantitative estimate of drug-likeness (QED) is 0.505. The van der Waals surface area contributed by atoms with Gasteiger partial charge in [-0.2, -0.15) is 13.2 Å². The lowest BCUT2D eigenvalue weighted by atomic mass is 10.1. The summed E-state index contributed by atoms with van der Waals surface area (Å²) in [6, 6.07) is 7.12. The Bertz CT molecular complexity index is 1600. The van der Waals surface area contributed by atoms with E-state index in [9.17, 15) is 39.6 Å². The van der Waals surface area contributed by atoms with E-state index in [1.807, 2.05) is 0 Å². The molecule has 36 heavy (non-hydrogen) atoms. The number of aryl methyl sites for hydroxylation is 1. The zero-order valence-corrected chi connectivity index (χ0v) is 20.8. The minimum absolute atomic E-state index is 0.0114. The van der Waals surface area contributed by atoms with Gasteiger partial charge in [-0.3, -0.25) is 14.6 Å². The molecule has 0 aliphatic heterocycles. The Morgan fingerprint density at radius 2 is 1.69 bits per heavy atom. The topological polar surface area (TPSA) is 134 Å². The molecule has 9 nitrogen and oxygen atoms in total. The van der Waals surface area contributed by atoms with Crippen molar-refractivity contribution >= 4 is 31.3 Å². The van der Waals surface area contributed by atoms with Crippen molar-refractivity contribution in [2.24, 2.45) is 0 Å². The van der Waals surface area contributed by atoms with Crippen LogP contribution in [0.1, 0.15) is 27.3 Å². The third-order valence-corrected chi connectivity index (χ3v) is 7.42. The summed E-state index contributed by atoms with van der Waals surface area (Å²) in [5.41, 5.74) is -2.78. The van der Waals surface area contributed by atoms with Crippen molar-refractivity contribution < 1.29 is 34.8 Å². The van der Waals surface area contributed by atoms with E-state index in [0.717, 1.165) is 41.8 Å². The normalized spacial score (nSPS) is 12.4. The summed E-state index contributed by atoms with van der Waals surface area (Å²) in [6.07, 6.45) is -1.87. The zero-order chi connectivity index (χ0) is 27.1. The van der Waals surface area contributed by atoms with Gasteiger partial charge in [-0.1, -0.05) is 6.07 Å². The Hall–Kier alpha value is -3.52. The van der Waals surface area contributed by atoms with Crippen LogP contribution in [0, 0.1) is 6.92 Å². The molecule has 0 aliphatic rings. The molecule has 1 amide bonds. The molecule has 2 heterocycles. The van der Waals surface area contributed by atoms with Crippen molar-refractivity contribution in [3.8, 4) is 0 Å². The maximum atomic E-state index is 13.5. The van der Waals surface area contributed by atoms with E-state index < -0.39 is 55.0 Å². The van der Waals surface area contributed by atoms with Crippen molar-refractivity contribution in [2.45, 2.75) is 29.4 Å². The van der Waals surface area contributed by atoms with E-state index in [4.69, 9.17) is 0 Å². The Morgan fingerprint density at radius 3 is 2.22 bits per heavy atom. The highest BCUT2D eigenvalue weighted by Gasteiger charge is 2.32. The minimum atomic E-state index is -4.73. The molecular weight excluding hydrogens is 523 g/mol. The first kappa shape index (κ1) is 27.1. The van der Waals surface area contributed by atoms with Crippen LogP contribution in [0.15, 0.2) is 63.2 Å². The fourth-order valence-corrected chi connectivity index (χ4v) is 4.81. The Labute approximate surface area is 204 Å². The number of aromatic amines is 1. The number of hydrogen-bond acceptors (Lipinski definition) is 7. The number of sulfone groups is 2. The number of anilines is 1. The van der Waals surface area contributed by atoms with Gasteiger partial charge in [-0.05, 0) is 43.3 Å². The van der Waals surface area contributed by atoms with Gasteiger partial charge >= 0.3 is 6.18 Å². The summed E-state index contributed by atoms with van der Waals surface area (Å²) in [4.78, 5) is 32.7.